The number of hydrogen-bond donors (Lipinski definition) is 2. The minimum atomic E-state index is -0.0957. The van der Waals surface area contributed by atoms with Gasteiger partial charge in [0, 0.05) is 0 Å². The maximum atomic E-state index is 9.95. The summed E-state index contributed by atoms with van der Waals surface area (Å²) in [7, 11) is 1.73. The minimum absolute atomic E-state index is 0.0957. The number of rotatable bonds is 0. The summed E-state index contributed by atoms with van der Waals surface area (Å²) in [6.45, 7) is 0. The molecule has 0 aliphatic carbocycles. The first kappa shape index (κ1) is 7.07. The van der Waals surface area contributed by atoms with Crippen LogP contribution in [-0.2, 0) is 0 Å². The van der Waals surface area contributed by atoms with E-state index in [4.69, 9.17) is 0 Å². The third-order valence-electron chi connectivity index (χ3n) is 0.149. The first-order chi connectivity index (χ1) is 2.81. The van der Waals surface area contributed by atoms with Crippen molar-refractivity contribution in [3.8, 4) is 0 Å². The third kappa shape index (κ3) is 3.27. The standard InChI is InChI=1S/CH2OS4/c2-1(5-3)6-4/h3-4H. The Balaban J connectivity index is 2.99. The molecule has 0 amide bonds. The zero-order valence-electron chi connectivity index (χ0n) is 2.62. The van der Waals surface area contributed by atoms with Crippen LogP contribution < -0.4 is 0 Å². The number of hydrogen-bond acceptors (Lipinski definition) is 5. The molecule has 1 nitrogen and oxygen atoms in total. The molecule has 0 aromatic heterocycles. The highest BCUT2D eigenvalue weighted by Gasteiger charge is 1.91. The molecule has 0 aromatic carbocycles. The largest absolute Gasteiger partial charge is 0.273 e. The second-order valence-electron chi connectivity index (χ2n) is 0.433. The van der Waals surface area contributed by atoms with Gasteiger partial charge in [0.05, 0.1) is 0 Å². The summed E-state index contributed by atoms with van der Waals surface area (Å²) in [4.78, 5) is 9.95. The zero-order valence-corrected chi connectivity index (χ0v) is 6.04. The monoisotopic (exact) mass is 158 g/mol. The lowest BCUT2D eigenvalue weighted by atomic mass is 11.8. The molecule has 0 bridgehead atoms. The maximum absolute atomic E-state index is 9.95. The van der Waals surface area contributed by atoms with Crippen molar-refractivity contribution in [3.63, 3.8) is 0 Å². The van der Waals surface area contributed by atoms with Gasteiger partial charge in [-0.15, -0.1) is 23.3 Å². The molecular formula is CH2OS4. The normalized spacial score (nSPS) is 8.33. The van der Waals surface area contributed by atoms with Crippen molar-refractivity contribution in [3.05, 3.63) is 0 Å². The van der Waals surface area contributed by atoms with E-state index in [0.29, 0.717) is 0 Å². The lowest BCUT2D eigenvalue weighted by Crippen LogP contribution is -1.61. The van der Waals surface area contributed by atoms with Gasteiger partial charge < -0.3 is 0 Å². The molecule has 5 heteroatoms. The molecule has 0 radical (unpaired) electrons. The van der Waals surface area contributed by atoms with Crippen LogP contribution in [0.5, 0.6) is 0 Å². The molecule has 0 rings (SSSR count). The highest BCUT2D eigenvalue weighted by atomic mass is 33.1. The van der Waals surface area contributed by atoms with E-state index in [9.17, 15) is 4.79 Å². The highest BCUT2D eigenvalue weighted by molar-refractivity contribution is 8.89. The Morgan fingerprint density at radius 2 is 1.67 bits per heavy atom. The molecule has 0 atom stereocenters. The first-order valence-corrected chi connectivity index (χ1v) is 4.72. The quantitative estimate of drug-likeness (QED) is 0.416. The minimum Gasteiger partial charge on any atom is -0.273 e. The van der Waals surface area contributed by atoms with Gasteiger partial charge in [0.1, 0.15) is 0 Å². The van der Waals surface area contributed by atoms with E-state index in [1.165, 1.54) is 0 Å². The second-order valence-corrected chi connectivity index (χ2v) is 2.89. The summed E-state index contributed by atoms with van der Waals surface area (Å²) in [6, 6.07) is 0. The maximum Gasteiger partial charge on any atom is 0.266 e. The Kier molecular flexibility index (Phi) is 4.99. The number of carbonyl (C=O) groups excluding carboxylic acids is 1. The topological polar surface area (TPSA) is 17.1 Å². The molecule has 0 saturated heterocycles. The molecule has 6 heavy (non-hydrogen) atoms. The summed E-state index contributed by atoms with van der Waals surface area (Å²) in [5.41, 5.74) is 0. The molecule has 0 spiro atoms. The van der Waals surface area contributed by atoms with E-state index < -0.39 is 0 Å². The number of carbonyl (C=O) groups is 1. The third-order valence-corrected chi connectivity index (χ3v) is 2.68. The molecule has 0 aliphatic heterocycles. The van der Waals surface area contributed by atoms with Gasteiger partial charge in [-0.1, -0.05) is 0 Å². The van der Waals surface area contributed by atoms with Crippen LogP contribution in [0.3, 0.4) is 0 Å². The van der Waals surface area contributed by atoms with Crippen molar-refractivity contribution >= 4 is 49.4 Å². The Hall–Kier alpha value is 1.07. The fourth-order valence-electron chi connectivity index (χ4n) is 0.0167. The number of thiol groups is 2. The van der Waals surface area contributed by atoms with Crippen LogP contribution in [0.15, 0.2) is 0 Å². The van der Waals surface area contributed by atoms with Crippen molar-refractivity contribution in [1.82, 2.24) is 0 Å². The van der Waals surface area contributed by atoms with Crippen LogP contribution >= 0.6 is 44.9 Å². The van der Waals surface area contributed by atoms with Crippen LogP contribution in [0.25, 0.3) is 0 Å². The summed E-state index contributed by atoms with van der Waals surface area (Å²) in [5.74, 6) is 0. The summed E-state index contributed by atoms with van der Waals surface area (Å²) >= 11 is 7.19. The lowest BCUT2D eigenvalue weighted by Gasteiger charge is -1.78. The van der Waals surface area contributed by atoms with Crippen LogP contribution in [0.2, 0.25) is 0 Å². The fraction of sp³-hybridized carbons (Fsp3) is 0. The Labute approximate surface area is 54.3 Å². The molecular weight excluding hydrogens is 156 g/mol. The van der Waals surface area contributed by atoms with Gasteiger partial charge in [0.15, 0.2) is 0 Å². The summed E-state index contributed by atoms with van der Waals surface area (Å²) in [5, 5.41) is 0. The molecule has 0 unspecified atom stereocenters. The predicted octanol–water partition coefficient (Wildman–Crippen LogP) is 2.26. The average molecular weight is 158 g/mol. The Bertz CT molecular complexity index is 45.5. The SMILES string of the molecule is O=C(SS)SS. The van der Waals surface area contributed by atoms with Crippen molar-refractivity contribution in [2.75, 3.05) is 0 Å². The van der Waals surface area contributed by atoms with E-state index in [0.717, 1.165) is 21.6 Å². The van der Waals surface area contributed by atoms with Crippen LogP contribution in [-0.4, -0.2) is 4.45 Å². The first-order valence-electron chi connectivity index (χ1n) is 0.978. The Morgan fingerprint density at radius 1 is 1.33 bits per heavy atom. The fourth-order valence-corrected chi connectivity index (χ4v) is 1.35. The Morgan fingerprint density at radius 3 is 1.67 bits per heavy atom. The molecule has 0 aromatic rings. The van der Waals surface area contributed by atoms with E-state index in [2.05, 4.69) is 23.3 Å². The van der Waals surface area contributed by atoms with Crippen molar-refractivity contribution in [2.24, 2.45) is 0 Å². The highest BCUT2D eigenvalue weighted by Crippen LogP contribution is 2.21. The lowest BCUT2D eigenvalue weighted by molar-refractivity contribution is 0.277. The smallest absolute Gasteiger partial charge is 0.266 e. The van der Waals surface area contributed by atoms with Gasteiger partial charge in [-0.3, -0.25) is 4.79 Å². The zero-order chi connectivity index (χ0) is 4.99. The van der Waals surface area contributed by atoms with Crippen LogP contribution in [0.4, 0.5) is 4.79 Å². The van der Waals surface area contributed by atoms with E-state index in [1.54, 1.807) is 0 Å². The van der Waals surface area contributed by atoms with Crippen molar-refractivity contribution < 1.29 is 4.79 Å². The molecule has 36 valence electrons. The summed E-state index contributed by atoms with van der Waals surface area (Å²) in [6.07, 6.45) is 0. The van der Waals surface area contributed by atoms with E-state index in [1.807, 2.05) is 0 Å². The summed E-state index contributed by atoms with van der Waals surface area (Å²) < 4.78 is -0.0957. The molecule has 0 heterocycles. The molecule has 0 saturated carbocycles. The van der Waals surface area contributed by atoms with Gasteiger partial charge in [0.25, 0.3) is 4.45 Å². The van der Waals surface area contributed by atoms with Gasteiger partial charge >= 0.3 is 0 Å². The van der Waals surface area contributed by atoms with Gasteiger partial charge in [-0.2, -0.15) is 0 Å². The molecule has 0 fully saturated rings. The molecule has 0 aliphatic rings. The van der Waals surface area contributed by atoms with Gasteiger partial charge in [0.2, 0.25) is 0 Å². The predicted molar refractivity (Wildman–Crippen MR) is 38.6 cm³/mol. The average Bonchev–Trinajstić information content (AvgIpc) is 1.65. The molecule has 0 N–H and O–H groups in total. The van der Waals surface area contributed by atoms with E-state index >= 15 is 0 Å². The van der Waals surface area contributed by atoms with Gasteiger partial charge in [-0.05, 0) is 21.6 Å². The van der Waals surface area contributed by atoms with Gasteiger partial charge in [-0.25, -0.2) is 0 Å². The van der Waals surface area contributed by atoms with Crippen LogP contribution in [0, 0.1) is 0 Å². The van der Waals surface area contributed by atoms with Crippen LogP contribution in [0.1, 0.15) is 0 Å². The van der Waals surface area contributed by atoms with Crippen molar-refractivity contribution in [1.29, 1.82) is 0 Å². The second kappa shape index (κ2) is 4.23. The van der Waals surface area contributed by atoms with E-state index in [-0.39, 0.29) is 4.45 Å². The van der Waals surface area contributed by atoms with Crippen molar-refractivity contribution in [2.45, 2.75) is 0 Å².